The van der Waals surface area contributed by atoms with Gasteiger partial charge in [0, 0.05) is 65.0 Å². The van der Waals surface area contributed by atoms with Crippen LogP contribution in [0.4, 0.5) is 0 Å². The number of aliphatic hydroxyl groups is 5. The zero-order chi connectivity index (χ0) is 57.6. The van der Waals surface area contributed by atoms with Crippen molar-refractivity contribution in [2.45, 2.75) is 212 Å². The van der Waals surface area contributed by atoms with E-state index < -0.39 is 108 Å². The zero-order valence-corrected chi connectivity index (χ0v) is 47.7. The second kappa shape index (κ2) is 29.4. The molecule has 76 heavy (non-hydrogen) atoms. The highest BCUT2D eigenvalue weighted by atomic mass is 16.7. The van der Waals surface area contributed by atoms with Gasteiger partial charge in [0.1, 0.15) is 30.0 Å². The van der Waals surface area contributed by atoms with Crippen LogP contribution in [0.25, 0.3) is 10.8 Å². The number of carboxylic acid groups (broad SMARTS) is 2. The molecule has 0 aliphatic carbocycles. The number of likely N-dealkylation sites (N-methyl/N-ethyl adjacent to an activating group) is 1. The number of nitrogens with one attached hydrogen (secondary N) is 1. The van der Waals surface area contributed by atoms with Gasteiger partial charge in [-0.1, -0.05) is 63.2 Å². The highest BCUT2D eigenvalue weighted by Crippen LogP contribution is 2.40. The molecule has 0 spiro atoms. The third kappa shape index (κ3) is 18.6. The number of rotatable bonds is 13. The predicted molar refractivity (Wildman–Crippen MR) is 285 cm³/mol. The molecule has 434 valence electrons. The number of benzene rings is 2. The Morgan fingerprint density at radius 3 is 2.05 bits per heavy atom. The van der Waals surface area contributed by atoms with Crippen LogP contribution in [0.3, 0.4) is 0 Å². The fourth-order valence-corrected chi connectivity index (χ4v) is 11.0. The minimum Gasteiger partial charge on any atom is -0.481 e. The van der Waals surface area contributed by atoms with Crippen molar-refractivity contribution in [1.82, 2.24) is 15.1 Å². The van der Waals surface area contributed by atoms with Crippen molar-refractivity contribution in [3.05, 3.63) is 48.0 Å². The summed E-state index contributed by atoms with van der Waals surface area (Å²) in [5.74, 6) is -4.64. The number of aliphatic hydroxyl groups excluding tert-OH is 3. The quantitative estimate of drug-likeness (QED) is 0.102. The summed E-state index contributed by atoms with van der Waals surface area (Å²) in [6.07, 6.45) is -8.23. The fourth-order valence-electron chi connectivity index (χ4n) is 11.0. The van der Waals surface area contributed by atoms with Gasteiger partial charge in [0.2, 0.25) is 5.91 Å². The molecule has 0 saturated carbocycles. The van der Waals surface area contributed by atoms with E-state index in [1.54, 1.807) is 34.6 Å². The summed E-state index contributed by atoms with van der Waals surface area (Å²) < 4.78 is 38.1. The molecular formula is C56H93N3O17. The van der Waals surface area contributed by atoms with E-state index in [2.05, 4.69) is 5.32 Å². The summed E-state index contributed by atoms with van der Waals surface area (Å²) in [4.78, 5) is 49.7. The number of methoxy groups -OCH3 is 1. The van der Waals surface area contributed by atoms with Crippen molar-refractivity contribution in [2.75, 3.05) is 40.8 Å². The zero-order valence-electron chi connectivity index (χ0n) is 47.7. The van der Waals surface area contributed by atoms with Crippen molar-refractivity contribution in [1.29, 1.82) is 0 Å². The standard InChI is InChI=1S/C52H85N3O13.2C2H4O2/c1-14-40-52(10,62)45(58)34(6)55(23-17-22-53-41(56)26-36-20-21-37-18-15-16-19-38(37)25-36)29-30(2)27-50(8,61)47(68-49-43(57)39(54(11)12)24-31(3)64-49)32(4)44(33(5)48(60)66-40)67-42-28-51(9,63-13)46(59)35(7)65-42;2*1-2(3)4/h15-16,18-21,25,30-35,39-40,42-47,49,57-59,61-62H,14,17,22-24,26-29H2,1-13H3,(H,53,56);2*1H3,(H,3,4)/t30-,31-,32+,33-,34-,35+,39+,40-,42+,43-,44+,45-,46+,47-,49+,50-,51-,52-;;/m1../s1. The van der Waals surface area contributed by atoms with Crippen LogP contribution in [0.1, 0.15) is 121 Å². The lowest BCUT2D eigenvalue weighted by Crippen LogP contribution is -2.60. The molecule has 8 N–H and O–H groups in total. The van der Waals surface area contributed by atoms with Gasteiger partial charge < -0.3 is 74.4 Å². The average molecular weight is 1080 g/mol. The van der Waals surface area contributed by atoms with E-state index in [1.165, 1.54) is 14.0 Å². The number of fused-ring (bicyclic) bond motifs is 1. The Bertz CT molecular complexity index is 2120. The number of esters is 1. The molecule has 2 aromatic rings. The largest absolute Gasteiger partial charge is 0.481 e. The molecule has 3 aliphatic rings. The Labute approximate surface area is 450 Å². The third-order valence-corrected chi connectivity index (χ3v) is 15.2. The Kier molecular flexibility index (Phi) is 25.6. The number of ether oxygens (including phenoxy) is 6. The summed E-state index contributed by atoms with van der Waals surface area (Å²) in [5, 5.41) is 80.1. The first kappa shape index (κ1) is 66.4. The molecule has 0 aromatic heterocycles. The van der Waals surface area contributed by atoms with Gasteiger partial charge in [-0.05, 0) is 110 Å². The van der Waals surface area contributed by atoms with Gasteiger partial charge in [-0.25, -0.2) is 0 Å². The molecule has 1 amide bonds. The highest BCUT2D eigenvalue weighted by Gasteiger charge is 2.53. The van der Waals surface area contributed by atoms with Crippen LogP contribution in [0, 0.1) is 17.8 Å². The summed E-state index contributed by atoms with van der Waals surface area (Å²) in [6, 6.07) is 13.0. The number of carboxylic acids is 2. The fraction of sp³-hybridized carbons (Fsp3) is 0.750. The first-order chi connectivity index (χ1) is 35.3. The molecule has 2 aromatic carbocycles. The monoisotopic (exact) mass is 1080 g/mol. The first-order valence-corrected chi connectivity index (χ1v) is 26.7. The first-order valence-electron chi connectivity index (χ1n) is 26.7. The van der Waals surface area contributed by atoms with E-state index in [0.29, 0.717) is 32.5 Å². The van der Waals surface area contributed by atoms with Crippen LogP contribution in [-0.4, -0.2) is 200 Å². The maximum atomic E-state index is 14.6. The second-order valence-electron chi connectivity index (χ2n) is 22.3. The molecule has 3 heterocycles. The number of aliphatic carboxylic acids is 2. The molecular weight excluding hydrogens is 987 g/mol. The second-order valence-corrected chi connectivity index (χ2v) is 22.3. The number of amides is 1. The number of nitrogens with zero attached hydrogens (tertiary/aromatic N) is 2. The third-order valence-electron chi connectivity index (χ3n) is 15.2. The Hall–Kier alpha value is -3.90. The molecule has 20 heteroatoms. The van der Waals surface area contributed by atoms with E-state index in [-0.39, 0.29) is 49.7 Å². The molecule has 3 fully saturated rings. The smallest absolute Gasteiger partial charge is 0.311 e. The van der Waals surface area contributed by atoms with Gasteiger partial charge in [-0.15, -0.1) is 0 Å². The van der Waals surface area contributed by atoms with Crippen LogP contribution in [0.15, 0.2) is 42.5 Å². The predicted octanol–water partition coefficient (Wildman–Crippen LogP) is 4.35. The Morgan fingerprint density at radius 2 is 1.47 bits per heavy atom. The number of cyclic esters (lactones) is 1. The number of hydrogen-bond donors (Lipinski definition) is 8. The van der Waals surface area contributed by atoms with Gasteiger partial charge >= 0.3 is 5.97 Å². The maximum absolute atomic E-state index is 14.6. The normalized spacial score (nSPS) is 37.0. The Morgan fingerprint density at radius 1 is 0.868 bits per heavy atom. The van der Waals surface area contributed by atoms with Gasteiger partial charge in [0.15, 0.2) is 12.6 Å². The van der Waals surface area contributed by atoms with Crippen molar-refractivity contribution in [3.8, 4) is 0 Å². The summed E-state index contributed by atoms with van der Waals surface area (Å²) in [7, 11) is 5.26. The van der Waals surface area contributed by atoms with Crippen molar-refractivity contribution >= 4 is 34.6 Å². The number of hydrogen-bond acceptors (Lipinski definition) is 17. The lowest BCUT2D eigenvalue weighted by molar-refractivity contribution is -0.318. The lowest BCUT2D eigenvalue weighted by Gasteiger charge is -2.48. The summed E-state index contributed by atoms with van der Waals surface area (Å²) in [5.41, 5.74) is -3.71. The van der Waals surface area contributed by atoms with E-state index >= 15 is 0 Å². The summed E-state index contributed by atoms with van der Waals surface area (Å²) in [6.45, 7) is 20.9. The molecule has 0 radical (unpaired) electrons. The molecule has 0 unspecified atom stereocenters. The minimum absolute atomic E-state index is 0.103. The van der Waals surface area contributed by atoms with Crippen molar-refractivity contribution in [2.24, 2.45) is 17.8 Å². The molecule has 3 aliphatic heterocycles. The lowest BCUT2D eigenvalue weighted by atomic mass is 9.77. The van der Waals surface area contributed by atoms with Crippen molar-refractivity contribution in [3.63, 3.8) is 0 Å². The highest BCUT2D eigenvalue weighted by molar-refractivity contribution is 5.85. The van der Waals surface area contributed by atoms with E-state index in [4.69, 9.17) is 48.2 Å². The summed E-state index contributed by atoms with van der Waals surface area (Å²) >= 11 is 0. The molecule has 5 rings (SSSR count). The number of carbonyl (C=O) groups excluding carboxylic acids is 2. The van der Waals surface area contributed by atoms with E-state index in [0.717, 1.165) is 30.2 Å². The number of carbonyl (C=O) groups is 4. The van der Waals surface area contributed by atoms with Gasteiger partial charge in [-0.3, -0.25) is 24.1 Å². The SMILES string of the molecule is CC(=O)O.CC(=O)O.CC[C@H]1OC(=O)[C@H](C)[C@@H](O[C@H]2C[C@@](C)(OC)[C@@H](O)[C@H](C)O2)[C@H](C)[C@@H](O[C@@H]2O[C@H](C)C[C@H](N(C)C)[C@H]2O)[C@](C)(O)C[C@@H](C)CN(CCCNC(=O)Cc2ccc3ccccc3c2)[C@H](C)[C@@H](O)[C@]1(C)O. The van der Waals surface area contributed by atoms with Crippen LogP contribution in [0.5, 0.6) is 0 Å². The average Bonchev–Trinajstić information content (AvgIpc) is 3.33. The van der Waals surface area contributed by atoms with Crippen LogP contribution < -0.4 is 5.32 Å². The van der Waals surface area contributed by atoms with Gasteiger partial charge in [0.25, 0.3) is 11.9 Å². The van der Waals surface area contributed by atoms with E-state index in [9.17, 15) is 35.1 Å². The molecule has 0 bridgehead atoms. The minimum atomic E-state index is -1.91. The Balaban J connectivity index is 0.00000177. The van der Waals surface area contributed by atoms with Gasteiger partial charge in [0.05, 0.1) is 48.0 Å². The molecule has 3 saturated heterocycles. The topological polar surface area (TPSA) is 284 Å². The molecule has 20 nitrogen and oxygen atoms in total. The molecule has 18 atom stereocenters. The van der Waals surface area contributed by atoms with Crippen molar-refractivity contribution < 1.29 is 83.3 Å². The maximum Gasteiger partial charge on any atom is 0.311 e. The van der Waals surface area contributed by atoms with Gasteiger partial charge in [-0.2, -0.15) is 0 Å². The van der Waals surface area contributed by atoms with E-state index in [1.807, 2.05) is 94.1 Å². The van der Waals surface area contributed by atoms with Crippen LogP contribution in [-0.2, 0) is 54.0 Å². The van der Waals surface area contributed by atoms with Crippen LogP contribution in [0.2, 0.25) is 0 Å². The van der Waals surface area contributed by atoms with Crippen LogP contribution >= 0.6 is 0 Å².